The van der Waals surface area contributed by atoms with E-state index in [0.29, 0.717) is 42.0 Å². The topological polar surface area (TPSA) is 147 Å². The lowest BCUT2D eigenvalue weighted by molar-refractivity contribution is -0.146. The molecule has 1 aliphatic heterocycles. The average molecular weight is 626 g/mol. The number of benzene rings is 2. The molecule has 0 saturated carbocycles. The van der Waals surface area contributed by atoms with Crippen LogP contribution in [0.3, 0.4) is 0 Å². The predicted molar refractivity (Wildman–Crippen MR) is 162 cm³/mol. The van der Waals surface area contributed by atoms with Gasteiger partial charge in [-0.3, -0.25) is 14.4 Å². The lowest BCUT2D eigenvalue weighted by atomic mass is 9.93. The molecule has 2 amide bonds. The van der Waals surface area contributed by atoms with Gasteiger partial charge in [-0.05, 0) is 45.1 Å². The van der Waals surface area contributed by atoms with Crippen LogP contribution in [0.2, 0.25) is 5.02 Å². The van der Waals surface area contributed by atoms with Crippen LogP contribution in [0.15, 0.2) is 58.4 Å². The van der Waals surface area contributed by atoms with Crippen LogP contribution in [-0.4, -0.2) is 45.9 Å². The molecule has 0 radical (unpaired) electrons. The quantitative estimate of drug-likeness (QED) is 0.155. The molecule has 44 heavy (non-hydrogen) atoms. The van der Waals surface area contributed by atoms with Gasteiger partial charge in [0.05, 0.1) is 17.3 Å². The summed E-state index contributed by atoms with van der Waals surface area (Å²) in [7, 11) is 0. The largest absolute Gasteiger partial charge is 0.480 e. The molecule has 2 N–H and O–H groups in total. The van der Waals surface area contributed by atoms with Crippen molar-refractivity contribution in [2.24, 2.45) is 0 Å². The van der Waals surface area contributed by atoms with E-state index in [4.69, 9.17) is 26.9 Å². The number of nitrogens with two attached hydrogens (primary N) is 1. The molecule has 0 bridgehead atoms. The predicted octanol–water partition coefficient (Wildman–Crippen LogP) is 4.66. The van der Waals surface area contributed by atoms with Gasteiger partial charge in [-0.25, -0.2) is 18.8 Å². The Labute approximate surface area is 258 Å². The highest BCUT2D eigenvalue weighted by Crippen LogP contribution is 2.39. The van der Waals surface area contributed by atoms with Crippen molar-refractivity contribution < 1.29 is 28.2 Å². The van der Waals surface area contributed by atoms with Crippen LogP contribution >= 0.6 is 11.6 Å². The number of aromatic nitrogens is 3. The number of halogens is 2. The maximum Gasteiger partial charge on any atom is 0.344 e. The summed E-state index contributed by atoms with van der Waals surface area (Å²) in [6.07, 6.45) is 5.40. The van der Waals surface area contributed by atoms with Crippen molar-refractivity contribution in [1.82, 2.24) is 14.9 Å². The van der Waals surface area contributed by atoms with Crippen molar-refractivity contribution in [3.05, 3.63) is 80.6 Å². The molecule has 0 fully saturated rings. The number of nitrogens with zero attached hydrogens (tertiary/aromatic N) is 4. The van der Waals surface area contributed by atoms with Crippen LogP contribution in [-0.2, 0) is 19.1 Å². The van der Waals surface area contributed by atoms with E-state index in [0.717, 1.165) is 47.7 Å². The number of unbranched alkanes of at least 4 members (excludes halogenated alkanes) is 2. The highest BCUT2D eigenvalue weighted by Gasteiger charge is 2.41. The molecule has 0 atom stereocenters. The summed E-state index contributed by atoms with van der Waals surface area (Å²) in [6.45, 7) is 3.56. The molecular formula is C31H33ClFN5O6. The molecule has 1 aromatic heterocycles. The third-order valence-electron chi connectivity index (χ3n) is 7.10. The van der Waals surface area contributed by atoms with Gasteiger partial charge in [0, 0.05) is 22.8 Å². The maximum atomic E-state index is 14.5. The van der Waals surface area contributed by atoms with Crippen LogP contribution in [0.1, 0.15) is 57.7 Å². The van der Waals surface area contributed by atoms with Gasteiger partial charge >= 0.3 is 5.97 Å². The molecule has 232 valence electrons. The van der Waals surface area contributed by atoms with Crippen molar-refractivity contribution >= 4 is 35.1 Å². The van der Waals surface area contributed by atoms with Crippen LogP contribution < -0.4 is 21.0 Å². The molecule has 2 aliphatic rings. The Morgan fingerprint density at radius 1 is 1.02 bits per heavy atom. The Bertz CT molecular complexity index is 1610. The number of amides is 2. The summed E-state index contributed by atoms with van der Waals surface area (Å²) >= 11 is 6.02. The summed E-state index contributed by atoms with van der Waals surface area (Å²) in [5.74, 6) is 3.51. The fraction of sp³-hybridized carbons (Fsp3) is 0.355. The number of imide groups is 1. The van der Waals surface area contributed by atoms with Crippen LogP contribution in [0.5, 0.6) is 5.75 Å². The van der Waals surface area contributed by atoms with E-state index < -0.39 is 30.2 Å². The number of esters is 1. The number of anilines is 1. The number of carbonyl (C=O) groups excluding carboxylic acids is 3. The lowest BCUT2D eigenvalue weighted by Gasteiger charge is -2.18. The SMILES string of the molecule is CCCCCOC(=O)COc1cc(N2C(=O)C3=C(CCCC3)C2=O)c(F)cc1Cl.Cc1nnc(-c2ccccc2)c(=O)n1N. The molecule has 13 heteroatoms. The highest BCUT2D eigenvalue weighted by molar-refractivity contribution is 6.34. The monoisotopic (exact) mass is 625 g/mol. The molecule has 2 heterocycles. The molecule has 1 aliphatic carbocycles. The highest BCUT2D eigenvalue weighted by atomic mass is 35.5. The van der Waals surface area contributed by atoms with Crippen molar-refractivity contribution in [3.8, 4) is 17.0 Å². The number of carbonyl (C=O) groups is 3. The van der Waals surface area contributed by atoms with Crippen LogP contribution in [0, 0.1) is 12.7 Å². The van der Waals surface area contributed by atoms with Gasteiger partial charge in [0.15, 0.2) is 18.1 Å². The summed E-state index contributed by atoms with van der Waals surface area (Å²) in [4.78, 5) is 49.7. The summed E-state index contributed by atoms with van der Waals surface area (Å²) < 4.78 is 26.0. The first-order valence-electron chi connectivity index (χ1n) is 14.3. The number of hydrogen-bond acceptors (Lipinski definition) is 9. The Morgan fingerprint density at radius 2 is 1.68 bits per heavy atom. The van der Waals surface area contributed by atoms with Gasteiger partial charge in [-0.15, -0.1) is 10.2 Å². The van der Waals surface area contributed by atoms with Gasteiger partial charge in [0.25, 0.3) is 17.4 Å². The summed E-state index contributed by atoms with van der Waals surface area (Å²) in [6, 6.07) is 11.3. The zero-order chi connectivity index (χ0) is 31.8. The first kappa shape index (κ1) is 32.3. The number of aryl methyl sites for hydroxylation is 1. The molecule has 0 saturated heterocycles. The van der Waals surface area contributed by atoms with Gasteiger partial charge in [0.2, 0.25) is 0 Å². The van der Waals surface area contributed by atoms with Crippen molar-refractivity contribution in [2.75, 3.05) is 24.0 Å². The molecule has 0 spiro atoms. The maximum absolute atomic E-state index is 14.5. The molecule has 0 unspecified atom stereocenters. The molecule has 2 aromatic carbocycles. The van der Waals surface area contributed by atoms with E-state index in [2.05, 4.69) is 10.2 Å². The third kappa shape index (κ3) is 7.31. The minimum Gasteiger partial charge on any atom is -0.480 e. The second kappa shape index (κ2) is 14.7. The average Bonchev–Trinajstić information content (AvgIpc) is 3.28. The third-order valence-corrected chi connectivity index (χ3v) is 7.40. The smallest absolute Gasteiger partial charge is 0.344 e. The van der Waals surface area contributed by atoms with E-state index in [1.807, 2.05) is 25.1 Å². The number of hydrogen-bond donors (Lipinski definition) is 1. The lowest BCUT2D eigenvalue weighted by Crippen LogP contribution is -2.32. The normalized spacial score (nSPS) is 14.2. The van der Waals surface area contributed by atoms with Gasteiger partial charge in [-0.2, -0.15) is 0 Å². The van der Waals surface area contributed by atoms with E-state index in [9.17, 15) is 23.6 Å². The molecule has 3 aromatic rings. The molecule has 11 nitrogen and oxygen atoms in total. The first-order valence-corrected chi connectivity index (χ1v) is 14.7. The minimum absolute atomic E-state index is 0.000883. The van der Waals surface area contributed by atoms with Crippen LogP contribution in [0.25, 0.3) is 11.3 Å². The molecule has 5 rings (SSSR count). The van der Waals surface area contributed by atoms with E-state index in [-0.39, 0.29) is 27.7 Å². The fourth-order valence-electron chi connectivity index (χ4n) is 4.73. The standard InChI is InChI=1S/C21H23ClFNO5.C10H10N4O/c1-2-3-6-9-28-19(25)12-29-18-11-17(16(23)10-15(18)22)24-20(26)13-7-4-5-8-14(13)21(24)27;1-7-12-13-9(10(15)14(7)11)8-5-3-2-4-6-8/h10-11H,2-9,12H2,1H3;2-6H,11H2,1H3. The van der Waals surface area contributed by atoms with Crippen molar-refractivity contribution in [1.29, 1.82) is 0 Å². The first-order chi connectivity index (χ1) is 21.1. The van der Waals surface area contributed by atoms with E-state index in [1.54, 1.807) is 19.1 Å². The Morgan fingerprint density at radius 3 is 2.32 bits per heavy atom. The number of ether oxygens (including phenoxy) is 2. The summed E-state index contributed by atoms with van der Waals surface area (Å²) in [5.41, 5.74) is 1.32. The Balaban J connectivity index is 0.000000246. The van der Waals surface area contributed by atoms with Crippen molar-refractivity contribution in [2.45, 2.75) is 58.8 Å². The molecular weight excluding hydrogens is 593 g/mol. The number of rotatable bonds is 9. The van der Waals surface area contributed by atoms with Gasteiger partial charge < -0.3 is 15.3 Å². The fourth-order valence-corrected chi connectivity index (χ4v) is 4.93. The zero-order valence-electron chi connectivity index (χ0n) is 24.5. The van der Waals surface area contributed by atoms with Gasteiger partial charge in [0.1, 0.15) is 11.6 Å². The van der Waals surface area contributed by atoms with E-state index in [1.165, 1.54) is 6.07 Å². The number of nitrogen functional groups attached to an aromatic ring is 1. The van der Waals surface area contributed by atoms with E-state index >= 15 is 0 Å². The van der Waals surface area contributed by atoms with Crippen LogP contribution in [0.4, 0.5) is 10.1 Å². The second-order valence-electron chi connectivity index (χ2n) is 10.2. The second-order valence-corrected chi connectivity index (χ2v) is 10.6. The van der Waals surface area contributed by atoms with Crippen molar-refractivity contribution in [3.63, 3.8) is 0 Å². The minimum atomic E-state index is -0.814. The Kier molecular flexibility index (Phi) is 10.8. The zero-order valence-corrected chi connectivity index (χ0v) is 25.2. The summed E-state index contributed by atoms with van der Waals surface area (Å²) in [5, 5.41) is 7.58. The van der Waals surface area contributed by atoms with Gasteiger partial charge in [-0.1, -0.05) is 61.7 Å². The Hall–Kier alpha value is -4.58.